The molecule has 0 bridgehead atoms. The second-order valence-electron chi connectivity index (χ2n) is 4.97. The molecule has 0 spiro atoms. The van der Waals surface area contributed by atoms with Crippen LogP contribution in [0.3, 0.4) is 0 Å². The van der Waals surface area contributed by atoms with E-state index in [9.17, 15) is 4.79 Å². The number of carbonyl (C=O) groups excluding carboxylic acids is 1. The van der Waals surface area contributed by atoms with Gasteiger partial charge in [-0.2, -0.15) is 0 Å². The quantitative estimate of drug-likeness (QED) is 0.745. The molecule has 1 rings (SSSR count). The van der Waals surface area contributed by atoms with Gasteiger partial charge in [0.25, 0.3) is 0 Å². The highest BCUT2D eigenvalue weighted by atomic mass is 16.1. The van der Waals surface area contributed by atoms with Crippen molar-refractivity contribution in [2.45, 2.75) is 47.0 Å². The van der Waals surface area contributed by atoms with E-state index in [2.05, 4.69) is 37.4 Å². The lowest BCUT2D eigenvalue weighted by Crippen LogP contribution is -2.19. The SMILES string of the molecule is C/C=C(\CC)Cc1ccc(NC(=O)C(C)CC)cc1. The summed E-state index contributed by atoms with van der Waals surface area (Å²) in [7, 11) is 0. The molecule has 0 radical (unpaired) electrons. The van der Waals surface area contributed by atoms with Crippen LogP contribution in [-0.4, -0.2) is 5.91 Å². The Morgan fingerprint density at radius 3 is 2.37 bits per heavy atom. The Morgan fingerprint density at radius 1 is 1.26 bits per heavy atom. The van der Waals surface area contributed by atoms with Gasteiger partial charge >= 0.3 is 0 Å². The highest BCUT2D eigenvalue weighted by Crippen LogP contribution is 2.15. The average Bonchev–Trinajstić information content (AvgIpc) is 2.45. The Labute approximate surface area is 116 Å². The molecule has 19 heavy (non-hydrogen) atoms. The number of carbonyl (C=O) groups is 1. The fraction of sp³-hybridized carbons (Fsp3) is 0.471. The molecule has 0 saturated heterocycles. The van der Waals surface area contributed by atoms with Crippen molar-refractivity contribution in [3.05, 3.63) is 41.5 Å². The van der Waals surface area contributed by atoms with E-state index >= 15 is 0 Å². The number of allylic oxidation sites excluding steroid dienone is 2. The first-order chi connectivity index (χ1) is 9.10. The molecule has 104 valence electrons. The number of rotatable bonds is 6. The molecule has 0 aromatic heterocycles. The molecule has 1 aromatic carbocycles. The first-order valence-corrected chi connectivity index (χ1v) is 7.14. The second kappa shape index (κ2) is 7.78. The number of anilines is 1. The molecule has 1 atom stereocenters. The van der Waals surface area contributed by atoms with Crippen LogP contribution in [0, 0.1) is 5.92 Å². The summed E-state index contributed by atoms with van der Waals surface area (Å²) in [4.78, 5) is 11.8. The summed E-state index contributed by atoms with van der Waals surface area (Å²) >= 11 is 0. The van der Waals surface area contributed by atoms with Crippen LogP contribution >= 0.6 is 0 Å². The number of amides is 1. The molecule has 1 unspecified atom stereocenters. The van der Waals surface area contributed by atoms with Crippen LogP contribution < -0.4 is 5.32 Å². The highest BCUT2D eigenvalue weighted by molar-refractivity contribution is 5.92. The summed E-state index contributed by atoms with van der Waals surface area (Å²) in [5.41, 5.74) is 3.61. The molecule has 2 nitrogen and oxygen atoms in total. The minimum atomic E-state index is 0.0643. The average molecular weight is 259 g/mol. The maximum Gasteiger partial charge on any atom is 0.227 e. The summed E-state index contributed by atoms with van der Waals surface area (Å²) < 4.78 is 0. The Balaban J connectivity index is 2.64. The molecule has 0 saturated carbocycles. The zero-order valence-corrected chi connectivity index (χ0v) is 12.5. The van der Waals surface area contributed by atoms with Crippen LogP contribution in [0.4, 0.5) is 5.69 Å². The van der Waals surface area contributed by atoms with E-state index in [-0.39, 0.29) is 11.8 Å². The van der Waals surface area contributed by atoms with E-state index in [4.69, 9.17) is 0 Å². The largest absolute Gasteiger partial charge is 0.326 e. The Kier molecular flexibility index (Phi) is 6.34. The van der Waals surface area contributed by atoms with Crippen LogP contribution in [0.15, 0.2) is 35.9 Å². The van der Waals surface area contributed by atoms with Crippen LogP contribution in [0.1, 0.15) is 46.1 Å². The van der Waals surface area contributed by atoms with Gasteiger partial charge in [-0.15, -0.1) is 0 Å². The third kappa shape index (κ3) is 4.90. The van der Waals surface area contributed by atoms with Crippen molar-refractivity contribution in [1.82, 2.24) is 0 Å². The van der Waals surface area contributed by atoms with Gasteiger partial charge in [0.2, 0.25) is 5.91 Å². The summed E-state index contributed by atoms with van der Waals surface area (Å²) in [5.74, 6) is 0.160. The lowest BCUT2D eigenvalue weighted by atomic mass is 10.0. The fourth-order valence-electron chi connectivity index (χ4n) is 1.85. The summed E-state index contributed by atoms with van der Waals surface area (Å²) in [6.07, 6.45) is 5.12. The van der Waals surface area contributed by atoms with Crippen molar-refractivity contribution in [2.75, 3.05) is 5.32 Å². The van der Waals surface area contributed by atoms with Crippen molar-refractivity contribution >= 4 is 11.6 Å². The van der Waals surface area contributed by atoms with E-state index in [1.165, 1.54) is 11.1 Å². The number of hydrogen-bond acceptors (Lipinski definition) is 1. The molecular weight excluding hydrogens is 234 g/mol. The lowest BCUT2D eigenvalue weighted by molar-refractivity contribution is -0.119. The molecular formula is C17H25NO. The smallest absolute Gasteiger partial charge is 0.227 e. The summed E-state index contributed by atoms with van der Waals surface area (Å²) in [6.45, 7) is 8.23. The van der Waals surface area contributed by atoms with Crippen molar-refractivity contribution < 1.29 is 4.79 Å². The standard InChI is InChI=1S/C17H25NO/c1-5-13(4)17(19)18-16-10-8-15(9-11-16)12-14(6-2)7-3/h6,8-11,13H,5,7,12H2,1-4H3,(H,18,19)/b14-6+. The zero-order chi connectivity index (χ0) is 14.3. The molecule has 2 heteroatoms. The molecule has 1 aromatic rings. The van der Waals surface area contributed by atoms with E-state index in [1.54, 1.807) is 0 Å². The van der Waals surface area contributed by atoms with Gasteiger partial charge < -0.3 is 5.32 Å². The van der Waals surface area contributed by atoms with Crippen LogP contribution in [-0.2, 0) is 11.2 Å². The van der Waals surface area contributed by atoms with E-state index in [1.807, 2.05) is 26.0 Å². The molecule has 1 amide bonds. The summed E-state index contributed by atoms with van der Waals surface area (Å²) in [6, 6.07) is 8.15. The molecule has 0 aliphatic carbocycles. The highest BCUT2D eigenvalue weighted by Gasteiger charge is 2.10. The van der Waals surface area contributed by atoms with Gasteiger partial charge in [-0.25, -0.2) is 0 Å². The van der Waals surface area contributed by atoms with Gasteiger partial charge in [0.05, 0.1) is 0 Å². The topological polar surface area (TPSA) is 29.1 Å². The van der Waals surface area contributed by atoms with Gasteiger partial charge in [-0.05, 0) is 43.9 Å². The van der Waals surface area contributed by atoms with Gasteiger partial charge in [0.15, 0.2) is 0 Å². The van der Waals surface area contributed by atoms with Gasteiger partial charge in [-0.1, -0.05) is 44.6 Å². The Hall–Kier alpha value is -1.57. The second-order valence-corrected chi connectivity index (χ2v) is 4.97. The monoisotopic (exact) mass is 259 g/mol. The van der Waals surface area contributed by atoms with Crippen LogP contribution in [0.2, 0.25) is 0 Å². The lowest BCUT2D eigenvalue weighted by Gasteiger charge is -2.11. The molecule has 0 aliphatic rings. The maximum atomic E-state index is 11.8. The first kappa shape index (κ1) is 15.5. The number of hydrogen-bond donors (Lipinski definition) is 1. The third-order valence-corrected chi connectivity index (χ3v) is 3.57. The van der Waals surface area contributed by atoms with E-state index in [0.717, 1.165) is 24.9 Å². The minimum Gasteiger partial charge on any atom is -0.326 e. The molecule has 1 N–H and O–H groups in total. The number of benzene rings is 1. The Morgan fingerprint density at radius 2 is 1.89 bits per heavy atom. The van der Waals surface area contributed by atoms with Crippen LogP contribution in [0.25, 0.3) is 0 Å². The summed E-state index contributed by atoms with van der Waals surface area (Å²) in [5, 5.41) is 2.95. The predicted octanol–water partition coefficient (Wildman–Crippen LogP) is 4.57. The van der Waals surface area contributed by atoms with Crippen molar-refractivity contribution in [3.8, 4) is 0 Å². The molecule has 0 aliphatic heterocycles. The van der Waals surface area contributed by atoms with Crippen LogP contribution in [0.5, 0.6) is 0 Å². The normalized spacial score (nSPS) is 13.2. The minimum absolute atomic E-state index is 0.0643. The van der Waals surface area contributed by atoms with Crippen molar-refractivity contribution in [3.63, 3.8) is 0 Å². The molecule has 0 fully saturated rings. The molecule has 0 heterocycles. The van der Waals surface area contributed by atoms with E-state index < -0.39 is 0 Å². The van der Waals surface area contributed by atoms with Gasteiger partial charge in [0.1, 0.15) is 0 Å². The predicted molar refractivity (Wildman–Crippen MR) is 82.3 cm³/mol. The van der Waals surface area contributed by atoms with Crippen molar-refractivity contribution in [2.24, 2.45) is 5.92 Å². The number of nitrogens with one attached hydrogen (secondary N) is 1. The first-order valence-electron chi connectivity index (χ1n) is 7.14. The van der Waals surface area contributed by atoms with Gasteiger partial charge in [-0.3, -0.25) is 4.79 Å². The third-order valence-electron chi connectivity index (χ3n) is 3.57. The van der Waals surface area contributed by atoms with E-state index in [0.29, 0.717) is 0 Å². The van der Waals surface area contributed by atoms with Crippen molar-refractivity contribution in [1.29, 1.82) is 0 Å². The van der Waals surface area contributed by atoms with Gasteiger partial charge in [0, 0.05) is 11.6 Å². The zero-order valence-electron chi connectivity index (χ0n) is 12.5. The Bertz CT molecular complexity index is 431. The fourth-order valence-corrected chi connectivity index (χ4v) is 1.85. The maximum absolute atomic E-state index is 11.8.